The van der Waals surface area contributed by atoms with E-state index >= 15 is 0 Å². The number of anilines is 1. The molecule has 1 fully saturated rings. The summed E-state index contributed by atoms with van der Waals surface area (Å²) in [5.74, 6) is -1.85. The number of hydrogen-bond donors (Lipinski definition) is 1. The molecule has 2 amide bonds. The van der Waals surface area contributed by atoms with Crippen LogP contribution in [0.4, 0.5) is 10.1 Å². The van der Waals surface area contributed by atoms with E-state index in [0.717, 1.165) is 16.0 Å². The fraction of sp³-hybridized carbons (Fsp3) is 0.0556. The van der Waals surface area contributed by atoms with E-state index in [9.17, 15) is 14.0 Å². The van der Waals surface area contributed by atoms with Gasteiger partial charge in [-0.3, -0.25) is 14.9 Å². The molecule has 2 aromatic carbocycles. The molecule has 6 heteroatoms. The maximum absolute atomic E-state index is 14.1. The van der Waals surface area contributed by atoms with Crippen LogP contribution in [0.25, 0.3) is 6.08 Å². The number of halogens is 1. The standard InChI is InChI=1S/C18H13FN2O2S/c1-11-6-2-3-7-12(11)10-13-16(22)20-18(24)21(17(13)23)15-9-5-4-8-14(15)19/h2-10H,1H3,(H,20,22,24)/b13-10+. The second-order valence-electron chi connectivity index (χ2n) is 5.27. The Kier molecular flexibility index (Phi) is 4.22. The van der Waals surface area contributed by atoms with Crippen molar-refractivity contribution in [1.82, 2.24) is 5.32 Å². The predicted octanol–water partition coefficient (Wildman–Crippen LogP) is 2.97. The molecule has 1 aliphatic heterocycles. The number of nitrogens with one attached hydrogen (secondary N) is 1. The van der Waals surface area contributed by atoms with Crippen LogP contribution in [-0.4, -0.2) is 16.9 Å². The van der Waals surface area contributed by atoms with Crippen LogP contribution in [0.15, 0.2) is 54.1 Å². The van der Waals surface area contributed by atoms with Crippen LogP contribution in [0.1, 0.15) is 11.1 Å². The molecule has 0 atom stereocenters. The number of aryl methyl sites for hydroxylation is 1. The summed E-state index contributed by atoms with van der Waals surface area (Å²) in [5, 5.41) is 2.30. The summed E-state index contributed by atoms with van der Waals surface area (Å²) in [6.45, 7) is 1.87. The van der Waals surface area contributed by atoms with E-state index in [-0.39, 0.29) is 16.4 Å². The molecule has 120 valence electrons. The van der Waals surface area contributed by atoms with Gasteiger partial charge < -0.3 is 0 Å². The Morgan fingerprint density at radius 1 is 1.08 bits per heavy atom. The number of amides is 2. The topological polar surface area (TPSA) is 49.4 Å². The van der Waals surface area contributed by atoms with Crippen LogP contribution in [-0.2, 0) is 9.59 Å². The predicted molar refractivity (Wildman–Crippen MR) is 93.8 cm³/mol. The molecule has 1 N–H and O–H groups in total. The van der Waals surface area contributed by atoms with E-state index in [1.54, 1.807) is 12.1 Å². The number of para-hydroxylation sites is 1. The molecule has 0 radical (unpaired) electrons. The zero-order valence-electron chi connectivity index (χ0n) is 12.7. The van der Waals surface area contributed by atoms with Crippen molar-refractivity contribution in [2.45, 2.75) is 6.92 Å². The van der Waals surface area contributed by atoms with Crippen molar-refractivity contribution in [3.63, 3.8) is 0 Å². The van der Waals surface area contributed by atoms with Gasteiger partial charge in [-0.25, -0.2) is 9.29 Å². The number of hydrogen-bond acceptors (Lipinski definition) is 3. The molecule has 1 saturated heterocycles. The molecule has 0 unspecified atom stereocenters. The zero-order chi connectivity index (χ0) is 17.3. The van der Waals surface area contributed by atoms with Crippen LogP contribution in [0.5, 0.6) is 0 Å². The molecule has 0 bridgehead atoms. The molecule has 2 aromatic rings. The van der Waals surface area contributed by atoms with Crippen LogP contribution in [0.2, 0.25) is 0 Å². The Morgan fingerprint density at radius 2 is 1.75 bits per heavy atom. The number of carbonyl (C=O) groups is 2. The summed E-state index contributed by atoms with van der Waals surface area (Å²) in [4.78, 5) is 25.9. The Labute approximate surface area is 143 Å². The van der Waals surface area contributed by atoms with E-state index in [4.69, 9.17) is 12.2 Å². The second kappa shape index (κ2) is 6.33. The normalized spacial score (nSPS) is 16.5. The third-order valence-electron chi connectivity index (χ3n) is 3.68. The van der Waals surface area contributed by atoms with Gasteiger partial charge in [0.1, 0.15) is 11.4 Å². The van der Waals surface area contributed by atoms with Gasteiger partial charge in [0, 0.05) is 0 Å². The molecular formula is C18H13FN2O2S. The number of nitrogens with zero attached hydrogens (tertiary/aromatic N) is 1. The number of thiocarbonyl (C=S) groups is 1. The average Bonchev–Trinajstić information content (AvgIpc) is 2.54. The number of rotatable bonds is 2. The number of benzene rings is 2. The van der Waals surface area contributed by atoms with E-state index in [1.165, 1.54) is 24.3 Å². The first-order valence-corrected chi connectivity index (χ1v) is 7.61. The molecule has 0 saturated carbocycles. The van der Waals surface area contributed by atoms with Gasteiger partial charge >= 0.3 is 0 Å². The molecule has 0 aliphatic carbocycles. The first-order chi connectivity index (χ1) is 11.5. The van der Waals surface area contributed by atoms with E-state index in [0.29, 0.717) is 0 Å². The van der Waals surface area contributed by atoms with Crippen molar-refractivity contribution in [2.75, 3.05) is 4.90 Å². The van der Waals surface area contributed by atoms with Gasteiger partial charge in [0.25, 0.3) is 11.8 Å². The van der Waals surface area contributed by atoms with E-state index in [2.05, 4.69) is 5.32 Å². The Morgan fingerprint density at radius 3 is 2.46 bits per heavy atom. The van der Waals surface area contributed by atoms with Gasteiger partial charge in [0.2, 0.25) is 0 Å². The van der Waals surface area contributed by atoms with Gasteiger partial charge in [-0.1, -0.05) is 36.4 Å². The van der Waals surface area contributed by atoms with Crippen molar-refractivity contribution in [2.24, 2.45) is 0 Å². The van der Waals surface area contributed by atoms with Gasteiger partial charge in [-0.2, -0.15) is 0 Å². The van der Waals surface area contributed by atoms with E-state index < -0.39 is 17.6 Å². The highest BCUT2D eigenvalue weighted by Gasteiger charge is 2.35. The minimum Gasteiger partial charge on any atom is -0.298 e. The minimum absolute atomic E-state index is 0.00295. The Balaban J connectivity index is 2.07. The lowest BCUT2D eigenvalue weighted by atomic mass is 10.0. The van der Waals surface area contributed by atoms with Crippen molar-refractivity contribution in [3.05, 3.63) is 71.0 Å². The lowest BCUT2D eigenvalue weighted by molar-refractivity contribution is -0.122. The zero-order valence-corrected chi connectivity index (χ0v) is 13.6. The summed E-state index contributed by atoms with van der Waals surface area (Å²) in [7, 11) is 0. The first-order valence-electron chi connectivity index (χ1n) is 7.20. The van der Waals surface area contributed by atoms with Crippen molar-refractivity contribution in [1.29, 1.82) is 0 Å². The summed E-state index contributed by atoms with van der Waals surface area (Å²) in [6, 6.07) is 13.1. The summed E-state index contributed by atoms with van der Waals surface area (Å²) in [5.41, 5.74) is 1.55. The molecule has 0 spiro atoms. The Hall–Kier alpha value is -2.86. The monoisotopic (exact) mass is 340 g/mol. The summed E-state index contributed by atoms with van der Waals surface area (Å²) in [6.07, 6.45) is 1.49. The molecule has 24 heavy (non-hydrogen) atoms. The smallest absolute Gasteiger partial charge is 0.270 e. The highest BCUT2D eigenvalue weighted by atomic mass is 32.1. The first kappa shape index (κ1) is 16.0. The highest BCUT2D eigenvalue weighted by Crippen LogP contribution is 2.24. The SMILES string of the molecule is Cc1ccccc1/C=C1\C(=O)NC(=S)N(c2ccccc2F)C1=O. The van der Waals surface area contributed by atoms with Crippen LogP contribution in [0.3, 0.4) is 0 Å². The van der Waals surface area contributed by atoms with Gasteiger partial charge in [0.15, 0.2) is 5.11 Å². The van der Waals surface area contributed by atoms with E-state index in [1.807, 2.05) is 25.1 Å². The molecule has 1 aliphatic rings. The van der Waals surface area contributed by atoms with Crippen molar-refractivity contribution in [3.8, 4) is 0 Å². The minimum atomic E-state index is -0.655. The lowest BCUT2D eigenvalue weighted by Crippen LogP contribution is -2.54. The van der Waals surface area contributed by atoms with Crippen LogP contribution >= 0.6 is 12.2 Å². The number of carbonyl (C=O) groups excluding carboxylic acids is 2. The lowest BCUT2D eigenvalue weighted by Gasteiger charge is -2.29. The second-order valence-corrected chi connectivity index (χ2v) is 5.65. The van der Waals surface area contributed by atoms with Crippen LogP contribution < -0.4 is 10.2 Å². The molecular weight excluding hydrogens is 327 g/mol. The van der Waals surface area contributed by atoms with Crippen molar-refractivity contribution >= 4 is 40.9 Å². The Bertz CT molecular complexity index is 892. The quantitative estimate of drug-likeness (QED) is 0.519. The molecule has 4 nitrogen and oxygen atoms in total. The van der Waals surface area contributed by atoms with Gasteiger partial charge in [0.05, 0.1) is 5.69 Å². The molecule has 0 aromatic heterocycles. The highest BCUT2D eigenvalue weighted by molar-refractivity contribution is 7.80. The fourth-order valence-corrected chi connectivity index (χ4v) is 2.69. The maximum Gasteiger partial charge on any atom is 0.270 e. The van der Waals surface area contributed by atoms with Gasteiger partial charge in [-0.05, 0) is 48.5 Å². The van der Waals surface area contributed by atoms with Crippen LogP contribution in [0, 0.1) is 12.7 Å². The maximum atomic E-state index is 14.1. The van der Waals surface area contributed by atoms with Crippen molar-refractivity contribution < 1.29 is 14.0 Å². The molecule has 3 rings (SSSR count). The summed E-state index contributed by atoms with van der Waals surface area (Å²) < 4.78 is 14.1. The third kappa shape index (κ3) is 2.83. The largest absolute Gasteiger partial charge is 0.298 e. The summed E-state index contributed by atoms with van der Waals surface area (Å²) >= 11 is 5.05. The fourth-order valence-electron chi connectivity index (χ4n) is 2.41. The molecule has 1 heterocycles. The van der Waals surface area contributed by atoms with Gasteiger partial charge in [-0.15, -0.1) is 0 Å². The third-order valence-corrected chi connectivity index (χ3v) is 3.97. The average molecular weight is 340 g/mol.